The van der Waals surface area contributed by atoms with E-state index in [0.717, 1.165) is 0 Å². The largest absolute Gasteiger partial charge is 2.00 e. The van der Waals surface area contributed by atoms with E-state index in [-0.39, 0.29) is 44.1 Å². The molecule has 0 aliphatic carbocycles. The molecule has 5 heavy (non-hydrogen) atoms. The summed E-state index contributed by atoms with van der Waals surface area (Å²) in [5.41, 5.74) is 0. The van der Waals surface area contributed by atoms with Crippen LogP contribution in [-0.4, -0.2) is 0 Å². The van der Waals surface area contributed by atoms with Gasteiger partial charge in [0.15, 0.2) is 0 Å². The molecule has 0 fully saturated rings. The molecule has 0 saturated carbocycles. The smallest absolute Gasteiger partial charge is 0.693 e. The van der Waals surface area contributed by atoms with Gasteiger partial charge in [0.1, 0.15) is 0 Å². The Labute approximate surface area is 44.8 Å². The monoisotopic (exact) mass is 128 g/mol. The van der Waals surface area contributed by atoms with E-state index >= 15 is 0 Å². The van der Waals surface area contributed by atoms with E-state index in [1.165, 1.54) is 0 Å². The van der Waals surface area contributed by atoms with E-state index in [0.29, 0.717) is 0 Å². The molecular formula is H8N4Zn-2. The van der Waals surface area contributed by atoms with Gasteiger partial charge in [0.2, 0.25) is 0 Å². The molecule has 0 bridgehead atoms. The second-order valence-corrected chi connectivity index (χ2v) is 0. The van der Waals surface area contributed by atoms with Crippen molar-refractivity contribution in [1.82, 2.24) is 0 Å². The van der Waals surface area contributed by atoms with Crippen molar-refractivity contribution in [3.05, 3.63) is 24.6 Å². The minimum absolute atomic E-state index is 0. The molecule has 0 amide bonds. The predicted octanol–water partition coefficient (Wildman–Crippen LogP) is 2.87. The molecule has 0 aromatic carbocycles. The Kier molecular flexibility index (Phi) is 25300. The summed E-state index contributed by atoms with van der Waals surface area (Å²) < 4.78 is 0. The maximum Gasteiger partial charge on any atom is 2.00 e. The molecule has 8 N–H and O–H groups in total. The summed E-state index contributed by atoms with van der Waals surface area (Å²) in [7, 11) is 0. The molecule has 0 aromatic heterocycles. The number of hydrogen-bond donors (Lipinski definition) is 0. The summed E-state index contributed by atoms with van der Waals surface area (Å²) in [6, 6.07) is 0. The molecule has 0 aliphatic rings. The number of nitrogens with two attached hydrogens (primary N) is 4. The van der Waals surface area contributed by atoms with E-state index < -0.39 is 0 Å². The molecule has 32 valence electrons. The Morgan fingerprint density at radius 2 is 0.400 bits per heavy atom. The number of rotatable bonds is 0. The quantitative estimate of drug-likeness (QED) is 0.445. The molecule has 5 heteroatoms. The summed E-state index contributed by atoms with van der Waals surface area (Å²) >= 11 is 0. The van der Waals surface area contributed by atoms with Crippen LogP contribution >= 0.6 is 0 Å². The van der Waals surface area contributed by atoms with E-state index in [2.05, 4.69) is 0 Å². The SMILES string of the molecule is [NH2-].[NH2-].[NH2-].[NH2-].[Zn+2]. The van der Waals surface area contributed by atoms with Gasteiger partial charge in [0.25, 0.3) is 0 Å². The Morgan fingerprint density at radius 3 is 0.400 bits per heavy atom. The van der Waals surface area contributed by atoms with Crippen molar-refractivity contribution in [2.45, 2.75) is 0 Å². The Hall–Kier alpha value is 0.463. The van der Waals surface area contributed by atoms with Gasteiger partial charge in [0.05, 0.1) is 0 Å². The van der Waals surface area contributed by atoms with E-state index in [9.17, 15) is 0 Å². The van der Waals surface area contributed by atoms with E-state index in [1.54, 1.807) is 0 Å². The average Bonchev–Trinajstić information content (AvgIpc) is 0. The molecule has 4 nitrogen and oxygen atoms in total. The van der Waals surface area contributed by atoms with Crippen molar-refractivity contribution in [1.29, 1.82) is 0 Å². The van der Waals surface area contributed by atoms with Crippen LogP contribution in [0.25, 0.3) is 24.6 Å². The topological polar surface area (TPSA) is 134 Å². The molecule has 0 unspecified atom stereocenters. The summed E-state index contributed by atoms with van der Waals surface area (Å²) in [6.45, 7) is 0. The molecule has 0 radical (unpaired) electrons. The zero-order valence-electron chi connectivity index (χ0n) is 3.02. The fraction of sp³-hybridized carbons (Fsp3) is 0. The number of hydrogen-bond acceptors (Lipinski definition) is 0. The molecule has 0 heterocycles. The van der Waals surface area contributed by atoms with Gasteiger partial charge in [-0.05, 0) is 0 Å². The Balaban J connectivity index is 0. The van der Waals surface area contributed by atoms with Crippen molar-refractivity contribution in [3.8, 4) is 0 Å². The van der Waals surface area contributed by atoms with E-state index in [4.69, 9.17) is 0 Å². The molecule has 0 aromatic rings. The average molecular weight is 129 g/mol. The zero-order chi connectivity index (χ0) is 0. The first kappa shape index (κ1) is 507. The van der Waals surface area contributed by atoms with Crippen LogP contribution < -0.4 is 0 Å². The third-order valence-corrected chi connectivity index (χ3v) is 0. The van der Waals surface area contributed by atoms with Gasteiger partial charge in [0, 0.05) is 0 Å². The molecular weight excluding hydrogens is 121 g/mol. The van der Waals surface area contributed by atoms with Crippen molar-refractivity contribution < 1.29 is 19.5 Å². The van der Waals surface area contributed by atoms with Gasteiger partial charge in [-0.2, -0.15) is 0 Å². The Morgan fingerprint density at radius 1 is 0.400 bits per heavy atom. The first-order valence-electron chi connectivity index (χ1n) is 0. The van der Waals surface area contributed by atoms with Gasteiger partial charge in [-0.15, -0.1) is 0 Å². The molecule has 0 spiro atoms. The normalized spacial score (nSPS) is 0. The maximum atomic E-state index is 0. The molecule has 0 atom stereocenters. The maximum absolute atomic E-state index is 0. The summed E-state index contributed by atoms with van der Waals surface area (Å²) in [6.07, 6.45) is 0. The second kappa shape index (κ2) is 249. The fourth-order valence-electron chi connectivity index (χ4n) is 0. The fourth-order valence-corrected chi connectivity index (χ4v) is 0. The second-order valence-electron chi connectivity index (χ2n) is 0. The minimum atomic E-state index is 0. The zero-order valence-corrected chi connectivity index (χ0v) is 5.98. The molecule has 0 aliphatic heterocycles. The van der Waals surface area contributed by atoms with Crippen LogP contribution in [-0.2, 0) is 19.5 Å². The molecule has 0 saturated heterocycles. The van der Waals surface area contributed by atoms with Gasteiger partial charge in [-0.25, -0.2) is 0 Å². The van der Waals surface area contributed by atoms with Crippen LogP contribution in [0.1, 0.15) is 0 Å². The van der Waals surface area contributed by atoms with Crippen molar-refractivity contribution in [2.75, 3.05) is 0 Å². The van der Waals surface area contributed by atoms with Gasteiger partial charge < -0.3 is 24.6 Å². The van der Waals surface area contributed by atoms with Crippen molar-refractivity contribution >= 4 is 0 Å². The first-order valence-corrected chi connectivity index (χ1v) is 0. The van der Waals surface area contributed by atoms with Crippen molar-refractivity contribution in [3.63, 3.8) is 0 Å². The van der Waals surface area contributed by atoms with Gasteiger partial charge in [-0.1, -0.05) is 0 Å². The van der Waals surface area contributed by atoms with E-state index in [1.807, 2.05) is 0 Å². The summed E-state index contributed by atoms with van der Waals surface area (Å²) in [4.78, 5) is 0. The van der Waals surface area contributed by atoms with Crippen LogP contribution in [0.2, 0.25) is 0 Å². The standard InChI is InChI=1S/4H2N.Zn/h4*1H2;/q4*-1;+2. The van der Waals surface area contributed by atoms with Crippen LogP contribution in [0, 0.1) is 0 Å². The summed E-state index contributed by atoms with van der Waals surface area (Å²) in [5.74, 6) is 0. The third kappa shape index (κ3) is 126. The minimum Gasteiger partial charge on any atom is -0.693 e. The Bertz CT molecular complexity index is 3.61. The van der Waals surface area contributed by atoms with Crippen LogP contribution in [0.3, 0.4) is 0 Å². The first-order chi connectivity index (χ1) is 0. The predicted molar refractivity (Wildman–Crippen MR) is 21.1 cm³/mol. The summed E-state index contributed by atoms with van der Waals surface area (Å²) in [5, 5.41) is 0. The van der Waals surface area contributed by atoms with Gasteiger partial charge in [-0.3, -0.25) is 0 Å². The van der Waals surface area contributed by atoms with Crippen LogP contribution in [0.4, 0.5) is 0 Å². The van der Waals surface area contributed by atoms with Gasteiger partial charge >= 0.3 is 19.5 Å². The molecule has 0 rings (SSSR count). The third-order valence-electron chi connectivity index (χ3n) is 0. The van der Waals surface area contributed by atoms with Crippen molar-refractivity contribution in [2.24, 2.45) is 0 Å². The van der Waals surface area contributed by atoms with Crippen LogP contribution in [0.15, 0.2) is 0 Å². The van der Waals surface area contributed by atoms with Crippen LogP contribution in [0.5, 0.6) is 0 Å².